The summed E-state index contributed by atoms with van der Waals surface area (Å²) in [6.07, 6.45) is 0. The number of rotatable bonds is 4. The molecule has 4 nitrogen and oxygen atoms in total. The highest BCUT2D eigenvalue weighted by molar-refractivity contribution is 7.80. The highest BCUT2D eigenvalue weighted by Gasteiger charge is 2.15. The Labute approximate surface area is 84.3 Å². The molecule has 0 unspecified atom stereocenters. The predicted octanol–water partition coefficient (Wildman–Crippen LogP) is -1.12. The van der Waals surface area contributed by atoms with E-state index in [1.165, 1.54) is 0 Å². The third kappa shape index (κ3) is 3.99. The van der Waals surface area contributed by atoms with Crippen molar-refractivity contribution in [2.45, 2.75) is 0 Å². The number of aliphatic hydroxyl groups excluding tert-OH is 1. The van der Waals surface area contributed by atoms with E-state index in [0.29, 0.717) is 4.99 Å². The van der Waals surface area contributed by atoms with Crippen LogP contribution in [0.15, 0.2) is 0 Å². The Morgan fingerprint density at radius 2 is 1.77 bits per heavy atom. The van der Waals surface area contributed by atoms with Crippen molar-refractivity contribution in [3.8, 4) is 0 Å². The summed E-state index contributed by atoms with van der Waals surface area (Å²) < 4.78 is 0. The molecule has 0 bridgehead atoms. The van der Waals surface area contributed by atoms with E-state index < -0.39 is 0 Å². The average Bonchev–Trinajstić information content (AvgIpc) is 2.08. The summed E-state index contributed by atoms with van der Waals surface area (Å²) in [5.41, 5.74) is 5.45. The third-order valence-corrected chi connectivity index (χ3v) is 2.39. The predicted molar refractivity (Wildman–Crippen MR) is 56.8 cm³/mol. The van der Waals surface area contributed by atoms with Crippen LogP contribution in [0, 0.1) is 0 Å². The summed E-state index contributed by atoms with van der Waals surface area (Å²) in [6.45, 7) is 5.75. The van der Waals surface area contributed by atoms with E-state index in [2.05, 4.69) is 9.80 Å². The molecule has 1 heterocycles. The number of aliphatic hydroxyl groups is 1. The normalized spacial score (nSPS) is 20.4. The maximum Gasteiger partial charge on any atom is 0.0870 e. The molecule has 76 valence electrons. The third-order valence-electron chi connectivity index (χ3n) is 2.26. The standard InChI is InChI=1S/C8H17N3OS/c9-8(13)7-11-3-1-10(2-4-11)5-6-12/h12H,1-7H2,(H2,9,13). The maximum absolute atomic E-state index is 8.73. The van der Waals surface area contributed by atoms with E-state index in [1.54, 1.807) is 0 Å². The number of β-amino-alcohol motifs (C(OH)–C–C–N with tert-alkyl or cyclic N) is 1. The summed E-state index contributed by atoms with van der Waals surface area (Å²) in [4.78, 5) is 5.06. The summed E-state index contributed by atoms with van der Waals surface area (Å²) in [6, 6.07) is 0. The van der Waals surface area contributed by atoms with E-state index in [1.807, 2.05) is 0 Å². The Hall–Kier alpha value is -0.230. The lowest BCUT2D eigenvalue weighted by atomic mass is 10.3. The van der Waals surface area contributed by atoms with Crippen molar-refractivity contribution >= 4 is 17.2 Å². The molecule has 13 heavy (non-hydrogen) atoms. The van der Waals surface area contributed by atoms with Crippen molar-refractivity contribution in [3.63, 3.8) is 0 Å². The smallest absolute Gasteiger partial charge is 0.0870 e. The molecule has 5 heteroatoms. The summed E-state index contributed by atoms with van der Waals surface area (Å²) >= 11 is 4.84. The van der Waals surface area contributed by atoms with Crippen LogP contribution >= 0.6 is 12.2 Å². The molecule has 0 amide bonds. The zero-order chi connectivity index (χ0) is 9.68. The van der Waals surface area contributed by atoms with Crippen molar-refractivity contribution in [2.24, 2.45) is 5.73 Å². The first-order chi connectivity index (χ1) is 6.22. The first-order valence-corrected chi connectivity index (χ1v) is 4.97. The monoisotopic (exact) mass is 203 g/mol. The lowest BCUT2D eigenvalue weighted by Gasteiger charge is -2.33. The highest BCUT2D eigenvalue weighted by atomic mass is 32.1. The number of hydrogen-bond acceptors (Lipinski definition) is 4. The lowest BCUT2D eigenvalue weighted by Crippen LogP contribution is -2.49. The van der Waals surface area contributed by atoms with E-state index in [-0.39, 0.29) is 6.61 Å². The zero-order valence-corrected chi connectivity index (χ0v) is 8.59. The van der Waals surface area contributed by atoms with Gasteiger partial charge in [-0.3, -0.25) is 9.80 Å². The van der Waals surface area contributed by atoms with Crippen LogP contribution < -0.4 is 5.73 Å². The highest BCUT2D eigenvalue weighted by Crippen LogP contribution is 2.00. The molecule has 0 saturated carbocycles. The van der Waals surface area contributed by atoms with E-state index in [9.17, 15) is 0 Å². The van der Waals surface area contributed by atoms with Crippen molar-refractivity contribution in [1.29, 1.82) is 0 Å². The number of hydrogen-bond donors (Lipinski definition) is 2. The molecule has 1 rings (SSSR count). The van der Waals surface area contributed by atoms with E-state index in [0.717, 1.165) is 39.3 Å². The van der Waals surface area contributed by atoms with Gasteiger partial charge in [-0.15, -0.1) is 0 Å². The lowest BCUT2D eigenvalue weighted by molar-refractivity contribution is 0.122. The van der Waals surface area contributed by atoms with E-state index in [4.69, 9.17) is 23.1 Å². The van der Waals surface area contributed by atoms with Gasteiger partial charge in [-0.2, -0.15) is 0 Å². The second-order valence-corrected chi connectivity index (χ2v) is 3.83. The number of nitrogens with two attached hydrogens (primary N) is 1. The van der Waals surface area contributed by atoms with Gasteiger partial charge in [0.15, 0.2) is 0 Å². The van der Waals surface area contributed by atoms with Gasteiger partial charge < -0.3 is 10.8 Å². The van der Waals surface area contributed by atoms with Crippen LogP contribution in [0.5, 0.6) is 0 Å². The fourth-order valence-electron chi connectivity index (χ4n) is 1.53. The minimum atomic E-state index is 0.245. The molecule has 0 spiro atoms. The molecule has 3 N–H and O–H groups in total. The minimum Gasteiger partial charge on any atom is -0.395 e. The van der Waals surface area contributed by atoms with Gasteiger partial charge in [0.1, 0.15) is 0 Å². The maximum atomic E-state index is 8.73. The Morgan fingerprint density at radius 3 is 2.23 bits per heavy atom. The van der Waals surface area contributed by atoms with Gasteiger partial charge in [-0.05, 0) is 0 Å². The molecular weight excluding hydrogens is 186 g/mol. The Balaban J connectivity index is 2.18. The van der Waals surface area contributed by atoms with Crippen LogP contribution in [0.3, 0.4) is 0 Å². The van der Waals surface area contributed by atoms with Gasteiger partial charge >= 0.3 is 0 Å². The van der Waals surface area contributed by atoms with Crippen LogP contribution in [-0.2, 0) is 0 Å². The van der Waals surface area contributed by atoms with Crippen LogP contribution in [0.2, 0.25) is 0 Å². The zero-order valence-electron chi connectivity index (χ0n) is 7.78. The molecule has 0 aliphatic carbocycles. The minimum absolute atomic E-state index is 0.245. The molecular formula is C8H17N3OS. The van der Waals surface area contributed by atoms with Crippen LogP contribution in [0.25, 0.3) is 0 Å². The second-order valence-electron chi connectivity index (χ2n) is 3.31. The average molecular weight is 203 g/mol. The van der Waals surface area contributed by atoms with E-state index >= 15 is 0 Å². The van der Waals surface area contributed by atoms with Gasteiger partial charge in [0, 0.05) is 39.3 Å². The largest absolute Gasteiger partial charge is 0.395 e. The van der Waals surface area contributed by atoms with Crippen molar-refractivity contribution in [1.82, 2.24) is 9.80 Å². The Kier molecular flexibility index (Phi) is 4.58. The fraction of sp³-hybridized carbons (Fsp3) is 0.875. The molecule has 0 radical (unpaired) electrons. The van der Waals surface area contributed by atoms with Crippen molar-refractivity contribution < 1.29 is 5.11 Å². The fourth-order valence-corrected chi connectivity index (χ4v) is 1.72. The molecule has 0 aromatic carbocycles. The van der Waals surface area contributed by atoms with Crippen LogP contribution in [-0.4, -0.2) is 65.8 Å². The molecule has 0 aromatic heterocycles. The SMILES string of the molecule is NC(=S)CN1CCN(CCO)CC1. The first-order valence-electron chi connectivity index (χ1n) is 4.56. The summed E-state index contributed by atoms with van der Waals surface area (Å²) in [5.74, 6) is 0. The van der Waals surface area contributed by atoms with Crippen LogP contribution in [0.4, 0.5) is 0 Å². The molecule has 1 fully saturated rings. The van der Waals surface area contributed by atoms with Gasteiger partial charge in [-0.25, -0.2) is 0 Å². The van der Waals surface area contributed by atoms with Gasteiger partial charge in [0.05, 0.1) is 11.6 Å². The van der Waals surface area contributed by atoms with Gasteiger partial charge in [-0.1, -0.05) is 12.2 Å². The van der Waals surface area contributed by atoms with Gasteiger partial charge in [0.2, 0.25) is 0 Å². The van der Waals surface area contributed by atoms with Crippen molar-refractivity contribution in [3.05, 3.63) is 0 Å². The topological polar surface area (TPSA) is 52.7 Å². The molecule has 1 aliphatic heterocycles. The number of nitrogens with zero attached hydrogens (tertiary/aromatic N) is 2. The molecule has 0 aromatic rings. The van der Waals surface area contributed by atoms with Crippen LogP contribution in [0.1, 0.15) is 0 Å². The Bertz CT molecular complexity index is 169. The molecule has 0 atom stereocenters. The molecule has 1 saturated heterocycles. The quantitative estimate of drug-likeness (QED) is 0.567. The Morgan fingerprint density at radius 1 is 1.23 bits per heavy atom. The van der Waals surface area contributed by atoms with Crippen molar-refractivity contribution in [2.75, 3.05) is 45.9 Å². The number of piperazine rings is 1. The van der Waals surface area contributed by atoms with Gasteiger partial charge in [0.25, 0.3) is 0 Å². The summed E-state index contributed by atoms with van der Waals surface area (Å²) in [7, 11) is 0. The molecule has 1 aliphatic rings. The second kappa shape index (κ2) is 5.49. The first kappa shape index (κ1) is 10.8. The number of thiocarbonyl (C=S) groups is 1. The summed E-state index contributed by atoms with van der Waals surface area (Å²) in [5, 5.41) is 8.73.